The summed E-state index contributed by atoms with van der Waals surface area (Å²) in [4.78, 5) is 22.3. The van der Waals surface area contributed by atoms with Crippen molar-refractivity contribution in [1.29, 1.82) is 5.26 Å². The molecule has 0 aliphatic heterocycles. The lowest BCUT2D eigenvalue weighted by Crippen LogP contribution is -2.20. The fourth-order valence-electron chi connectivity index (χ4n) is 2.70. The monoisotopic (exact) mass is 433 g/mol. The number of amides is 1. The summed E-state index contributed by atoms with van der Waals surface area (Å²) < 4.78 is 5.48. The first-order valence-corrected chi connectivity index (χ1v) is 9.48. The first-order valence-electron chi connectivity index (χ1n) is 9.10. The number of rotatable bonds is 7. The molecule has 0 spiro atoms. The van der Waals surface area contributed by atoms with Gasteiger partial charge in [0.05, 0.1) is 21.6 Å². The number of carbonyl (C=O) groups excluding carboxylic acids is 1. The van der Waals surface area contributed by atoms with Crippen LogP contribution in [0.15, 0.2) is 72.8 Å². The highest BCUT2D eigenvalue weighted by atomic mass is 35.5. The number of anilines is 1. The van der Waals surface area contributed by atoms with Crippen LogP contribution in [0, 0.1) is 21.4 Å². The van der Waals surface area contributed by atoms with Gasteiger partial charge in [0.25, 0.3) is 11.6 Å². The number of para-hydroxylation sites is 1. The quantitative estimate of drug-likeness (QED) is 0.234. The molecule has 0 radical (unpaired) electrons. The minimum absolute atomic E-state index is 0.0538. The number of nitrogens with zero attached hydrogens (tertiary/aromatic N) is 2. The SMILES string of the molecule is N#C/C(=C\c1ccc(OCC(=O)Nc2ccccc2)c(Cl)c1)c1ccc([N+](=O)[O-])cc1. The second-order valence-electron chi connectivity index (χ2n) is 6.37. The van der Waals surface area contributed by atoms with Gasteiger partial charge in [-0.3, -0.25) is 14.9 Å². The Morgan fingerprint density at radius 3 is 2.45 bits per heavy atom. The molecule has 154 valence electrons. The zero-order valence-electron chi connectivity index (χ0n) is 16.1. The lowest BCUT2D eigenvalue weighted by Gasteiger charge is -2.09. The molecule has 8 heteroatoms. The molecule has 7 nitrogen and oxygen atoms in total. The van der Waals surface area contributed by atoms with Crippen molar-refractivity contribution in [1.82, 2.24) is 0 Å². The summed E-state index contributed by atoms with van der Waals surface area (Å²) in [5.41, 5.74) is 2.12. The van der Waals surface area contributed by atoms with Crippen molar-refractivity contribution in [2.24, 2.45) is 0 Å². The number of nitriles is 1. The molecule has 0 atom stereocenters. The molecule has 0 heterocycles. The Morgan fingerprint density at radius 1 is 1.13 bits per heavy atom. The highest BCUT2D eigenvalue weighted by molar-refractivity contribution is 6.32. The standard InChI is InChI=1S/C23H16ClN3O4/c24-21-13-16(12-18(14-25)17-7-9-20(10-8-17)27(29)30)6-11-22(21)31-15-23(28)26-19-4-2-1-3-5-19/h1-13H,15H2,(H,26,28)/b18-12+. The Labute approximate surface area is 183 Å². The molecule has 3 aromatic rings. The number of hydrogen-bond donors (Lipinski definition) is 1. The van der Waals surface area contributed by atoms with Gasteiger partial charge in [0.1, 0.15) is 5.75 Å². The first-order chi connectivity index (χ1) is 15.0. The zero-order chi connectivity index (χ0) is 22.2. The number of hydrogen-bond acceptors (Lipinski definition) is 5. The second kappa shape index (κ2) is 10.1. The molecule has 0 saturated heterocycles. The first kappa shape index (κ1) is 21.6. The van der Waals surface area contributed by atoms with Gasteiger partial charge in [0.15, 0.2) is 6.61 Å². The van der Waals surface area contributed by atoms with Gasteiger partial charge in [-0.05, 0) is 53.6 Å². The summed E-state index contributed by atoms with van der Waals surface area (Å²) in [5, 5.41) is 23.2. The predicted octanol–water partition coefficient (Wildman–Crippen LogP) is 5.33. The molecule has 3 aromatic carbocycles. The molecule has 0 saturated carbocycles. The summed E-state index contributed by atoms with van der Waals surface area (Å²) in [7, 11) is 0. The Bertz CT molecular complexity index is 1170. The summed E-state index contributed by atoms with van der Waals surface area (Å²) in [6.07, 6.45) is 1.61. The third kappa shape index (κ3) is 5.92. The number of nitrogens with one attached hydrogen (secondary N) is 1. The third-order valence-electron chi connectivity index (χ3n) is 4.19. The Balaban J connectivity index is 1.68. The average molecular weight is 434 g/mol. The molecule has 1 amide bonds. The highest BCUT2D eigenvalue weighted by Gasteiger charge is 2.09. The van der Waals surface area contributed by atoms with Gasteiger partial charge in [-0.25, -0.2) is 0 Å². The van der Waals surface area contributed by atoms with Gasteiger partial charge in [-0.1, -0.05) is 35.9 Å². The highest BCUT2D eigenvalue weighted by Crippen LogP contribution is 2.28. The number of benzene rings is 3. The Hall–Kier alpha value is -4.15. The van der Waals surface area contributed by atoms with E-state index in [2.05, 4.69) is 11.4 Å². The Morgan fingerprint density at radius 2 is 1.84 bits per heavy atom. The van der Waals surface area contributed by atoms with E-state index >= 15 is 0 Å². The molecule has 0 unspecified atom stereocenters. The van der Waals surface area contributed by atoms with Crippen LogP contribution in [0.3, 0.4) is 0 Å². The lowest BCUT2D eigenvalue weighted by molar-refractivity contribution is -0.384. The van der Waals surface area contributed by atoms with E-state index < -0.39 is 4.92 Å². The van der Waals surface area contributed by atoms with E-state index in [9.17, 15) is 20.2 Å². The smallest absolute Gasteiger partial charge is 0.269 e. The molecule has 0 aromatic heterocycles. The maximum absolute atomic E-state index is 12.0. The van der Waals surface area contributed by atoms with Crippen molar-refractivity contribution in [2.45, 2.75) is 0 Å². The van der Waals surface area contributed by atoms with Gasteiger partial charge in [-0.2, -0.15) is 5.26 Å². The maximum atomic E-state index is 12.0. The molecule has 1 N–H and O–H groups in total. The van der Waals surface area contributed by atoms with Crippen LogP contribution >= 0.6 is 11.6 Å². The van der Waals surface area contributed by atoms with Crippen LogP contribution in [-0.4, -0.2) is 17.4 Å². The van der Waals surface area contributed by atoms with E-state index in [1.807, 2.05) is 18.2 Å². The summed E-state index contributed by atoms with van der Waals surface area (Å²) in [6, 6.07) is 21.7. The number of non-ortho nitro benzene ring substituents is 1. The van der Waals surface area contributed by atoms with Crippen molar-refractivity contribution < 1.29 is 14.5 Å². The summed E-state index contributed by atoms with van der Waals surface area (Å²) in [5.74, 6) is 0.00653. The van der Waals surface area contributed by atoms with E-state index in [0.717, 1.165) is 0 Å². The van der Waals surface area contributed by atoms with Crippen LogP contribution in [0.4, 0.5) is 11.4 Å². The van der Waals surface area contributed by atoms with Crippen molar-refractivity contribution >= 4 is 40.5 Å². The fourth-order valence-corrected chi connectivity index (χ4v) is 2.94. The topological polar surface area (TPSA) is 105 Å². The summed E-state index contributed by atoms with van der Waals surface area (Å²) >= 11 is 6.26. The molecule has 0 fully saturated rings. The van der Waals surface area contributed by atoms with Gasteiger partial charge in [0, 0.05) is 17.8 Å². The number of halogens is 1. The van der Waals surface area contributed by atoms with Crippen molar-refractivity contribution in [3.63, 3.8) is 0 Å². The van der Waals surface area contributed by atoms with Crippen molar-refractivity contribution in [3.8, 4) is 11.8 Å². The minimum Gasteiger partial charge on any atom is -0.482 e. The predicted molar refractivity (Wildman–Crippen MR) is 119 cm³/mol. The minimum atomic E-state index is -0.502. The second-order valence-corrected chi connectivity index (χ2v) is 6.77. The molecule has 31 heavy (non-hydrogen) atoms. The molecule has 0 aliphatic rings. The number of nitro benzene ring substituents is 1. The average Bonchev–Trinajstić information content (AvgIpc) is 2.77. The summed E-state index contributed by atoms with van der Waals surface area (Å²) in [6.45, 7) is -0.212. The molecule has 3 rings (SSSR count). The Kier molecular flexibility index (Phi) is 6.99. The van der Waals surface area contributed by atoms with E-state index in [-0.39, 0.29) is 23.2 Å². The van der Waals surface area contributed by atoms with Crippen LogP contribution in [0.2, 0.25) is 5.02 Å². The normalized spacial score (nSPS) is 10.8. The lowest BCUT2D eigenvalue weighted by atomic mass is 10.0. The number of ether oxygens (including phenoxy) is 1. The number of allylic oxidation sites excluding steroid dienone is 1. The van der Waals surface area contributed by atoms with E-state index in [4.69, 9.17) is 16.3 Å². The fraction of sp³-hybridized carbons (Fsp3) is 0.0435. The molecule has 0 bridgehead atoms. The third-order valence-corrected chi connectivity index (χ3v) is 4.49. The van der Waals surface area contributed by atoms with E-state index in [1.54, 1.807) is 36.4 Å². The van der Waals surface area contributed by atoms with Crippen LogP contribution in [0.5, 0.6) is 5.75 Å². The van der Waals surface area contributed by atoms with Gasteiger partial charge in [-0.15, -0.1) is 0 Å². The van der Waals surface area contributed by atoms with E-state index in [1.165, 1.54) is 24.3 Å². The molecule has 0 aliphatic carbocycles. The molecular formula is C23H16ClN3O4. The maximum Gasteiger partial charge on any atom is 0.269 e. The van der Waals surface area contributed by atoms with Crippen molar-refractivity contribution in [3.05, 3.63) is 99.1 Å². The van der Waals surface area contributed by atoms with Gasteiger partial charge in [0.2, 0.25) is 0 Å². The van der Waals surface area contributed by atoms with Crippen LogP contribution in [0.25, 0.3) is 11.6 Å². The number of carbonyl (C=O) groups is 1. The molecular weight excluding hydrogens is 418 g/mol. The van der Waals surface area contributed by atoms with Gasteiger partial charge < -0.3 is 10.1 Å². The van der Waals surface area contributed by atoms with E-state index in [0.29, 0.717) is 28.1 Å². The van der Waals surface area contributed by atoms with Crippen molar-refractivity contribution in [2.75, 3.05) is 11.9 Å². The zero-order valence-corrected chi connectivity index (χ0v) is 16.9. The number of nitro groups is 1. The van der Waals surface area contributed by atoms with Gasteiger partial charge >= 0.3 is 0 Å². The van der Waals surface area contributed by atoms with Crippen LogP contribution < -0.4 is 10.1 Å². The van der Waals surface area contributed by atoms with Crippen LogP contribution in [-0.2, 0) is 4.79 Å². The largest absolute Gasteiger partial charge is 0.482 e. The van der Waals surface area contributed by atoms with Crippen LogP contribution in [0.1, 0.15) is 11.1 Å².